The van der Waals surface area contributed by atoms with Gasteiger partial charge in [-0.2, -0.15) is 5.10 Å². The largest absolute Gasteiger partial charge is 0.368 e. The number of aromatic nitrogens is 5. The average Bonchev–Trinajstić information content (AvgIpc) is 3.25. The van der Waals surface area contributed by atoms with Crippen LogP contribution in [0, 0.1) is 6.92 Å². The van der Waals surface area contributed by atoms with E-state index in [1.807, 2.05) is 14.0 Å². The van der Waals surface area contributed by atoms with Crippen LogP contribution < -0.4 is 16.0 Å². The fourth-order valence-corrected chi connectivity index (χ4v) is 3.26. The molecule has 9 nitrogen and oxygen atoms in total. The van der Waals surface area contributed by atoms with Crippen LogP contribution >= 0.6 is 11.3 Å². The topological polar surface area (TPSA) is 105 Å². The Balaban J connectivity index is 1.48. The van der Waals surface area contributed by atoms with Gasteiger partial charge in [0.1, 0.15) is 12.1 Å². The molecular weight excluding hydrogens is 362 g/mol. The maximum atomic E-state index is 4.61. The molecule has 3 heterocycles. The zero-order valence-corrected chi connectivity index (χ0v) is 16.7. The maximum Gasteiger partial charge on any atom is 0.191 e. The Bertz CT molecular complexity index is 899. The number of hydrogen-bond donors (Lipinski definition) is 3. The molecule has 0 spiro atoms. The van der Waals surface area contributed by atoms with Crippen molar-refractivity contribution in [2.24, 2.45) is 12.0 Å². The maximum absolute atomic E-state index is 4.61. The number of aryl methyl sites for hydroxylation is 2. The van der Waals surface area contributed by atoms with Crippen LogP contribution in [0.1, 0.15) is 17.6 Å². The summed E-state index contributed by atoms with van der Waals surface area (Å²) in [5.41, 5.74) is 1.91. The molecule has 0 fully saturated rings. The van der Waals surface area contributed by atoms with E-state index >= 15 is 0 Å². The zero-order valence-electron chi connectivity index (χ0n) is 15.9. The summed E-state index contributed by atoms with van der Waals surface area (Å²) in [6.45, 7) is 7.02. The Morgan fingerprint density at radius 1 is 1.26 bits per heavy atom. The Hall–Kier alpha value is -2.75. The minimum Gasteiger partial charge on any atom is -0.368 e. The standard InChI is InChI=1S/C17H25N9S/c1-4-18-17(20-6-5-13-10-27-12(2)25-13)21-8-7-19-15-14-9-24-26(3)16(14)23-11-22-15/h9-11H,4-8H2,1-3H3,(H2,18,20,21)(H,19,22,23). The third kappa shape index (κ3) is 5.13. The number of anilines is 1. The van der Waals surface area contributed by atoms with Gasteiger partial charge in [-0.05, 0) is 13.8 Å². The lowest BCUT2D eigenvalue weighted by Crippen LogP contribution is -2.39. The first kappa shape index (κ1) is 19.0. The number of aliphatic imine (C=N–C) groups is 1. The predicted octanol–water partition coefficient (Wildman–Crippen LogP) is 1.34. The molecule has 3 N–H and O–H groups in total. The van der Waals surface area contributed by atoms with Crippen molar-refractivity contribution >= 4 is 34.1 Å². The minimum atomic E-state index is 0.703. The van der Waals surface area contributed by atoms with Crippen molar-refractivity contribution in [1.29, 1.82) is 0 Å². The molecule has 3 aromatic heterocycles. The first-order valence-corrected chi connectivity index (χ1v) is 9.85. The lowest BCUT2D eigenvalue weighted by atomic mass is 10.3. The molecule has 0 unspecified atom stereocenters. The molecule has 0 saturated heterocycles. The van der Waals surface area contributed by atoms with Crippen molar-refractivity contribution in [3.8, 4) is 0 Å². The summed E-state index contributed by atoms with van der Waals surface area (Å²) >= 11 is 1.68. The highest BCUT2D eigenvalue weighted by Gasteiger charge is 2.07. The van der Waals surface area contributed by atoms with E-state index in [2.05, 4.69) is 53.3 Å². The van der Waals surface area contributed by atoms with Crippen molar-refractivity contribution in [2.45, 2.75) is 20.3 Å². The van der Waals surface area contributed by atoms with E-state index in [1.165, 1.54) is 0 Å². The van der Waals surface area contributed by atoms with E-state index in [0.717, 1.165) is 46.5 Å². The Morgan fingerprint density at radius 2 is 2.15 bits per heavy atom. The predicted molar refractivity (Wildman–Crippen MR) is 109 cm³/mol. The van der Waals surface area contributed by atoms with Gasteiger partial charge >= 0.3 is 0 Å². The van der Waals surface area contributed by atoms with E-state index in [0.29, 0.717) is 19.6 Å². The van der Waals surface area contributed by atoms with Crippen molar-refractivity contribution < 1.29 is 0 Å². The van der Waals surface area contributed by atoms with E-state index in [4.69, 9.17) is 0 Å². The van der Waals surface area contributed by atoms with Crippen LogP contribution in [0.2, 0.25) is 0 Å². The summed E-state index contributed by atoms with van der Waals surface area (Å²) in [7, 11) is 1.87. The van der Waals surface area contributed by atoms with E-state index in [1.54, 1.807) is 28.5 Å². The number of fused-ring (bicyclic) bond motifs is 1. The van der Waals surface area contributed by atoms with Crippen LogP contribution in [0.15, 0.2) is 22.9 Å². The fourth-order valence-electron chi connectivity index (χ4n) is 2.61. The third-order valence-electron chi connectivity index (χ3n) is 3.89. The van der Waals surface area contributed by atoms with Crippen LogP contribution in [0.25, 0.3) is 11.0 Å². The summed E-state index contributed by atoms with van der Waals surface area (Å²) < 4.78 is 1.74. The molecule has 27 heavy (non-hydrogen) atoms. The smallest absolute Gasteiger partial charge is 0.191 e. The number of guanidine groups is 1. The third-order valence-corrected chi connectivity index (χ3v) is 4.71. The number of rotatable bonds is 8. The lowest BCUT2D eigenvalue weighted by Gasteiger charge is -2.12. The average molecular weight is 388 g/mol. The monoisotopic (exact) mass is 387 g/mol. The Kier molecular flexibility index (Phi) is 6.53. The molecule has 3 aromatic rings. The molecule has 0 saturated carbocycles. The number of nitrogens with zero attached hydrogens (tertiary/aromatic N) is 6. The molecule has 0 bridgehead atoms. The van der Waals surface area contributed by atoms with Gasteiger partial charge in [0, 0.05) is 45.0 Å². The summed E-state index contributed by atoms with van der Waals surface area (Å²) in [6.07, 6.45) is 4.17. The van der Waals surface area contributed by atoms with Crippen LogP contribution in [0.4, 0.5) is 5.82 Å². The van der Waals surface area contributed by atoms with Gasteiger partial charge in [0.05, 0.1) is 22.3 Å². The molecular formula is C17H25N9S. The fraction of sp³-hybridized carbons (Fsp3) is 0.471. The molecule has 0 amide bonds. The molecule has 0 aromatic carbocycles. The Labute approximate surface area is 162 Å². The highest BCUT2D eigenvalue weighted by molar-refractivity contribution is 7.09. The van der Waals surface area contributed by atoms with Gasteiger partial charge in [0.2, 0.25) is 0 Å². The summed E-state index contributed by atoms with van der Waals surface area (Å²) in [5, 5.41) is 18.2. The highest BCUT2D eigenvalue weighted by atomic mass is 32.1. The zero-order chi connectivity index (χ0) is 19.1. The van der Waals surface area contributed by atoms with Crippen LogP contribution in [0.5, 0.6) is 0 Å². The number of thiazole rings is 1. The minimum absolute atomic E-state index is 0.703. The van der Waals surface area contributed by atoms with Gasteiger partial charge in [0.15, 0.2) is 11.6 Å². The van der Waals surface area contributed by atoms with E-state index < -0.39 is 0 Å². The van der Waals surface area contributed by atoms with E-state index in [-0.39, 0.29) is 0 Å². The van der Waals surface area contributed by atoms with Gasteiger partial charge in [0.25, 0.3) is 0 Å². The van der Waals surface area contributed by atoms with Crippen molar-refractivity contribution in [2.75, 3.05) is 31.5 Å². The molecule has 0 aliphatic carbocycles. The molecule has 144 valence electrons. The van der Waals surface area contributed by atoms with Gasteiger partial charge in [-0.25, -0.2) is 15.0 Å². The van der Waals surface area contributed by atoms with E-state index in [9.17, 15) is 0 Å². The quantitative estimate of drug-likeness (QED) is 0.304. The van der Waals surface area contributed by atoms with Gasteiger partial charge < -0.3 is 16.0 Å². The van der Waals surface area contributed by atoms with Gasteiger partial charge in [-0.15, -0.1) is 11.3 Å². The van der Waals surface area contributed by atoms with Crippen molar-refractivity contribution in [3.63, 3.8) is 0 Å². The lowest BCUT2D eigenvalue weighted by molar-refractivity contribution is 0.785. The molecule has 0 aliphatic heterocycles. The number of hydrogen-bond acceptors (Lipinski definition) is 7. The Morgan fingerprint density at radius 3 is 2.93 bits per heavy atom. The first-order valence-electron chi connectivity index (χ1n) is 8.97. The molecule has 3 rings (SSSR count). The summed E-state index contributed by atoms with van der Waals surface area (Å²) in [4.78, 5) is 17.6. The first-order chi connectivity index (χ1) is 13.2. The molecule has 10 heteroatoms. The van der Waals surface area contributed by atoms with Crippen molar-refractivity contribution in [1.82, 2.24) is 35.4 Å². The summed E-state index contributed by atoms with van der Waals surface area (Å²) in [5.74, 6) is 1.59. The van der Waals surface area contributed by atoms with Gasteiger partial charge in [-0.1, -0.05) is 0 Å². The van der Waals surface area contributed by atoms with Gasteiger partial charge in [-0.3, -0.25) is 9.67 Å². The molecule has 0 radical (unpaired) electrons. The van der Waals surface area contributed by atoms with Crippen LogP contribution in [-0.2, 0) is 13.5 Å². The second kappa shape index (κ2) is 9.26. The molecule has 0 aliphatic rings. The molecule has 0 atom stereocenters. The van der Waals surface area contributed by atoms with Crippen molar-refractivity contribution in [3.05, 3.63) is 28.6 Å². The second-order valence-corrected chi connectivity index (χ2v) is 7.01. The van der Waals surface area contributed by atoms with Crippen LogP contribution in [-0.4, -0.2) is 56.9 Å². The summed E-state index contributed by atoms with van der Waals surface area (Å²) in [6, 6.07) is 0. The van der Waals surface area contributed by atoms with Crippen LogP contribution in [0.3, 0.4) is 0 Å². The second-order valence-electron chi connectivity index (χ2n) is 5.95. The number of nitrogens with one attached hydrogen (secondary N) is 3. The normalized spacial score (nSPS) is 11.7. The SMILES string of the molecule is CCNC(=NCCc1csc(C)n1)NCCNc1ncnc2c1cnn2C. The highest BCUT2D eigenvalue weighted by Crippen LogP contribution is 2.17.